The first-order valence-electron chi connectivity index (χ1n) is 12.4. The van der Waals surface area contributed by atoms with Gasteiger partial charge >= 0.3 is 18.0 Å². The Morgan fingerprint density at radius 1 is 0.686 bits per heavy atom. The second-order valence-corrected chi connectivity index (χ2v) is 12.8. The molecule has 0 rings (SSSR count). The lowest BCUT2D eigenvalue weighted by molar-refractivity contribution is -0.143. The Hall–Kier alpha value is -2.31. The molecule has 2 N–H and O–H groups in total. The fourth-order valence-corrected chi connectivity index (χ4v) is 4.35. The van der Waals surface area contributed by atoms with Crippen molar-refractivity contribution in [2.75, 3.05) is 26.3 Å². The molecule has 0 aliphatic rings. The number of ether oxygens (including phenoxy) is 2. The zero-order valence-electron chi connectivity index (χ0n) is 23.9. The maximum Gasteiger partial charge on any atom is 0.333 e. The zero-order chi connectivity index (χ0) is 27.7. The molecule has 0 aromatic carbocycles. The Morgan fingerprint density at radius 2 is 1.09 bits per heavy atom. The Bertz CT molecular complexity index is 782. The number of amides is 2. The maximum atomic E-state index is 12.5. The Kier molecular flexibility index (Phi) is 12.3. The van der Waals surface area contributed by atoms with E-state index in [4.69, 9.17) is 9.47 Å². The van der Waals surface area contributed by atoms with E-state index in [9.17, 15) is 14.4 Å². The largest absolute Gasteiger partial charge is 0.462 e. The van der Waals surface area contributed by atoms with Gasteiger partial charge < -0.3 is 20.1 Å². The number of carbonyl (C=O) groups is 3. The minimum absolute atomic E-state index is 0.192. The van der Waals surface area contributed by atoms with Crippen LogP contribution in [0.2, 0.25) is 0 Å². The molecule has 35 heavy (non-hydrogen) atoms. The molecule has 7 nitrogen and oxygen atoms in total. The molecule has 1 unspecified atom stereocenters. The Labute approximate surface area is 213 Å². The van der Waals surface area contributed by atoms with Crippen molar-refractivity contribution < 1.29 is 23.9 Å². The summed E-state index contributed by atoms with van der Waals surface area (Å²) in [4.78, 5) is 36.1. The molecule has 0 aromatic heterocycles. The molecule has 2 amide bonds. The van der Waals surface area contributed by atoms with Gasteiger partial charge in [-0.3, -0.25) is 0 Å². The normalized spacial score (nSPS) is 13.9. The summed E-state index contributed by atoms with van der Waals surface area (Å²) >= 11 is 0. The van der Waals surface area contributed by atoms with E-state index >= 15 is 0 Å². The number of rotatable bonds is 15. The van der Waals surface area contributed by atoms with Crippen LogP contribution in [0, 0.1) is 21.7 Å². The number of esters is 2. The Balaban J connectivity index is 4.72. The van der Waals surface area contributed by atoms with Crippen LogP contribution in [0.25, 0.3) is 0 Å². The molecular weight excluding hydrogens is 444 g/mol. The average Bonchev–Trinajstić information content (AvgIpc) is 2.71. The summed E-state index contributed by atoms with van der Waals surface area (Å²) in [5.41, 5.74) is -0.0582. The van der Waals surface area contributed by atoms with E-state index in [0.717, 1.165) is 19.3 Å². The topological polar surface area (TPSA) is 93.7 Å². The molecule has 0 aromatic rings. The molecule has 7 heteroatoms. The van der Waals surface area contributed by atoms with E-state index in [1.807, 2.05) is 13.8 Å². The third kappa shape index (κ3) is 14.0. The van der Waals surface area contributed by atoms with Crippen LogP contribution in [0.5, 0.6) is 0 Å². The molecule has 0 aliphatic carbocycles. The van der Waals surface area contributed by atoms with Crippen molar-refractivity contribution in [3.63, 3.8) is 0 Å². The van der Waals surface area contributed by atoms with Crippen LogP contribution < -0.4 is 10.6 Å². The molecular formula is C28H50N2O5. The van der Waals surface area contributed by atoms with Crippen molar-refractivity contribution in [3.8, 4) is 0 Å². The highest BCUT2D eigenvalue weighted by Gasteiger charge is 2.34. The van der Waals surface area contributed by atoms with Gasteiger partial charge in [-0.1, -0.05) is 68.5 Å². The lowest BCUT2D eigenvalue weighted by atomic mass is 9.73. The van der Waals surface area contributed by atoms with Gasteiger partial charge in [0.1, 0.15) is 0 Å². The van der Waals surface area contributed by atoms with Gasteiger partial charge in [0.2, 0.25) is 0 Å². The summed E-state index contributed by atoms with van der Waals surface area (Å²) in [7, 11) is 0. The highest BCUT2D eigenvalue weighted by Crippen LogP contribution is 2.37. The van der Waals surface area contributed by atoms with Crippen molar-refractivity contribution in [3.05, 3.63) is 24.3 Å². The summed E-state index contributed by atoms with van der Waals surface area (Å²) in [6, 6.07) is -0.218. The number of urea groups is 1. The van der Waals surface area contributed by atoms with Crippen LogP contribution in [-0.4, -0.2) is 44.3 Å². The first-order valence-corrected chi connectivity index (χ1v) is 12.4. The summed E-state index contributed by atoms with van der Waals surface area (Å²) in [5, 5.41) is 5.97. The van der Waals surface area contributed by atoms with Gasteiger partial charge in [-0.25, -0.2) is 14.4 Å². The van der Waals surface area contributed by atoms with Crippen molar-refractivity contribution >= 4 is 18.0 Å². The SMILES string of the molecule is C=C(C)C(=O)OCC(C)(C)CC(C)(C)CNC(=O)NCC(C)(C)CC(C)(CC)COC(=O)C(=C)C. The van der Waals surface area contributed by atoms with E-state index in [1.54, 1.807) is 13.8 Å². The summed E-state index contributed by atoms with van der Waals surface area (Å²) < 4.78 is 10.8. The average molecular weight is 495 g/mol. The van der Waals surface area contributed by atoms with Crippen LogP contribution in [0.15, 0.2) is 24.3 Å². The van der Waals surface area contributed by atoms with Crippen LogP contribution in [0.3, 0.4) is 0 Å². The van der Waals surface area contributed by atoms with Gasteiger partial charge in [0.05, 0.1) is 13.2 Å². The van der Waals surface area contributed by atoms with Crippen molar-refractivity contribution in [1.29, 1.82) is 0 Å². The predicted molar refractivity (Wildman–Crippen MR) is 142 cm³/mol. The van der Waals surface area contributed by atoms with E-state index in [2.05, 4.69) is 65.3 Å². The molecule has 0 radical (unpaired) electrons. The molecule has 0 saturated carbocycles. The molecule has 0 spiro atoms. The monoisotopic (exact) mass is 494 g/mol. The second-order valence-electron chi connectivity index (χ2n) is 12.8. The third-order valence-corrected chi connectivity index (χ3v) is 6.01. The summed E-state index contributed by atoms with van der Waals surface area (Å²) in [6.07, 6.45) is 2.38. The van der Waals surface area contributed by atoms with Gasteiger partial charge in [-0.2, -0.15) is 0 Å². The molecule has 0 bridgehead atoms. The van der Waals surface area contributed by atoms with Gasteiger partial charge in [-0.15, -0.1) is 0 Å². The standard InChI is InChI=1S/C28H50N2O5/c1-13-28(12,19-35-23(32)21(4)5)15-26(8,9)17-30-24(33)29-16-25(6,7)14-27(10,11)18-34-22(31)20(2)3/h2,4,13-19H2,1,3,5-12H3,(H2,29,30,33). The molecule has 202 valence electrons. The number of hydrogen-bond acceptors (Lipinski definition) is 5. The van der Waals surface area contributed by atoms with Gasteiger partial charge in [-0.05, 0) is 49.4 Å². The zero-order valence-corrected chi connectivity index (χ0v) is 23.9. The van der Waals surface area contributed by atoms with Crippen LogP contribution >= 0.6 is 0 Å². The van der Waals surface area contributed by atoms with Crippen LogP contribution in [0.1, 0.15) is 88.5 Å². The third-order valence-electron chi connectivity index (χ3n) is 6.01. The molecule has 0 heterocycles. The molecule has 0 aliphatic heterocycles. The van der Waals surface area contributed by atoms with E-state index in [-0.39, 0.29) is 39.6 Å². The van der Waals surface area contributed by atoms with Crippen LogP contribution in [0.4, 0.5) is 4.79 Å². The predicted octanol–water partition coefficient (Wildman–Crippen LogP) is 5.80. The quantitative estimate of drug-likeness (QED) is 0.222. The summed E-state index contributed by atoms with van der Waals surface area (Å²) in [6.45, 7) is 28.7. The molecule has 0 fully saturated rings. The summed E-state index contributed by atoms with van der Waals surface area (Å²) in [5.74, 6) is -0.760. The second kappa shape index (κ2) is 13.1. The minimum Gasteiger partial charge on any atom is -0.462 e. The number of nitrogens with one attached hydrogen (secondary N) is 2. The van der Waals surface area contributed by atoms with Crippen molar-refractivity contribution in [2.24, 2.45) is 21.7 Å². The van der Waals surface area contributed by atoms with E-state index < -0.39 is 0 Å². The van der Waals surface area contributed by atoms with E-state index in [0.29, 0.717) is 37.4 Å². The van der Waals surface area contributed by atoms with Crippen LogP contribution in [-0.2, 0) is 19.1 Å². The maximum absolute atomic E-state index is 12.5. The first kappa shape index (κ1) is 32.7. The fourth-order valence-electron chi connectivity index (χ4n) is 4.35. The lowest BCUT2D eigenvalue weighted by Crippen LogP contribution is -2.46. The first-order chi connectivity index (χ1) is 15.7. The van der Waals surface area contributed by atoms with E-state index in [1.165, 1.54) is 0 Å². The highest BCUT2D eigenvalue weighted by molar-refractivity contribution is 5.87. The van der Waals surface area contributed by atoms with Gasteiger partial charge in [0.15, 0.2) is 0 Å². The number of hydrogen-bond donors (Lipinski definition) is 2. The molecule has 1 atom stereocenters. The fraction of sp³-hybridized carbons (Fsp3) is 0.750. The van der Waals surface area contributed by atoms with Gasteiger partial charge in [0.25, 0.3) is 0 Å². The smallest absolute Gasteiger partial charge is 0.333 e. The van der Waals surface area contributed by atoms with Gasteiger partial charge in [0, 0.05) is 29.7 Å². The Morgan fingerprint density at radius 3 is 1.49 bits per heavy atom. The minimum atomic E-state index is -0.385. The molecule has 0 saturated heterocycles. The van der Waals surface area contributed by atoms with Crippen molar-refractivity contribution in [2.45, 2.75) is 88.5 Å². The van der Waals surface area contributed by atoms with Crippen molar-refractivity contribution in [1.82, 2.24) is 10.6 Å². The number of carbonyl (C=O) groups excluding carboxylic acids is 3. The highest BCUT2D eigenvalue weighted by atomic mass is 16.5. The lowest BCUT2D eigenvalue weighted by Gasteiger charge is -2.37.